The predicted octanol–water partition coefficient (Wildman–Crippen LogP) is -1.09. The minimum Gasteiger partial charge on any atom is -0.550 e. The monoisotopic (exact) mass is 556 g/mol. The van der Waals surface area contributed by atoms with Crippen LogP contribution in [0.3, 0.4) is 0 Å². The summed E-state index contributed by atoms with van der Waals surface area (Å²) >= 11 is 0. The van der Waals surface area contributed by atoms with Crippen LogP contribution >= 0.6 is 0 Å². The molecular weight excluding hydrogens is 511 g/mol. The van der Waals surface area contributed by atoms with Gasteiger partial charge in [0.05, 0.1) is 0 Å². The first-order valence-electron chi connectivity index (χ1n) is 10.8. The Morgan fingerprint density at radius 3 is 0.333 bits per heavy atom. The molecule has 0 spiro atoms. The van der Waals surface area contributed by atoms with Crippen molar-refractivity contribution in [2.24, 2.45) is 27.1 Å². The minimum atomic E-state index is -1.01. The van der Waals surface area contributed by atoms with E-state index >= 15 is 0 Å². The zero-order chi connectivity index (χ0) is 30.4. The molecule has 0 N–H and O–H groups in total. The number of carboxylic acids is 5. The molecule has 0 aliphatic rings. The molecule has 0 aliphatic carbocycles. The quantitative estimate of drug-likeness (QED) is 0.353. The molecule has 0 aromatic rings. The molecule has 0 unspecified atom stereocenters. The van der Waals surface area contributed by atoms with Crippen LogP contribution < -0.4 is 25.5 Å². The average Bonchev–Trinajstić information content (AvgIpc) is 2.52. The molecule has 0 fully saturated rings. The summed E-state index contributed by atoms with van der Waals surface area (Å²) in [6, 6.07) is 0. The molecule has 11 heteroatoms. The van der Waals surface area contributed by atoms with E-state index in [9.17, 15) is 49.5 Å². The van der Waals surface area contributed by atoms with E-state index in [1.54, 1.807) is 104 Å². The second kappa shape index (κ2) is 18.2. The van der Waals surface area contributed by atoms with Crippen LogP contribution in [0.25, 0.3) is 0 Å². The molecule has 0 bridgehead atoms. The van der Waals surface area contributed by atoms with E-state index in [1.807, 2.05) is 0 Å². The van der Waals surface area contributed by atoms with Crippen LogP contribution in [0.15, 0.2) is 0 Å². The first kappa shape index (κ1) is 47.2. The van der Waals surface area contributed by atoms with E-state index in [0.717, 1.165) is 0 Å². The first-order chi connectivity index (χ1) is 14.7. The third kappa shape index (κ3) is 39.2. The van der Waals surface area contributed by atoms with Gasteiger partial charge < -0.3 is 49.5 Å². The Kier molecular flexibility index (Phi) is 23.9. The van der Waals surface area contributed by atoms with Crippen molar-refractivity contribution >= 4 is 29.8 Å². The van der Waals surface area contributed by atoms with Crippen LogP contribution in [-0.2, 0) is 42.5 Å². The van der Waals surface area contributed by atoms with Gasteiger partial charge in [0.15, 0.2) is 0 Å². The van der Waals surface area contributed by atoms with Gasteiger partial charge in [-0.3, -0.25) is 0 Å². The molecule has 0 aliphatic heterocycles. The Hall–Kier alpha value is -2.07. The molecule has 0 saturated heterocycles. The van der Waals surface area contributed by atoms with Crippen LogP contribution in [0.5, 0.6) is 0 Å². The van der Waals surface area contributed by atoms with Gasteiger partial charge in [0.25, 0.3) is 0 Å². The summed E-state index contributed by atoms with van der Waals surface area (Å²) in [5, 5.41) is 49.5. The Morgan fingerprint density at radius 1 is 0.306 bits per heavy atom. The van der Waals surface area contributed by atoms with Crippen LogP contribution in [0.4, 0.5) is 0 Å². The Morgan fingerprint density at radius 2 is 0.333 bits per heavy atom. The van der Waals surface area contributed by atoms with Crippen LogP contribution in [0, 0.1) is 27.1 Å². The fourth-order valence-corrected chi connectivity index (χ4v) is 0. The summed E-state index contributed by atoms with van der Waals surface area (Å²) in [4.78, 5) is 49.5. The first-order valence-corrected chi connectivity index (χ1v) is 10.8. The molecule has 0 atom stereocenters. The molecule has 0 aromatic carbocycles. The molecule has 10 nitrogen and oxygen atoms in total. The van der Waals surface area contributed by atoms with E-state index in [2.05, 4.69) is 0 Å². The SMILES string of the molecule is CC(C)(C)C(=O)[O-].CC(C)(C)C(=O)[O-].CC(C)(C)C(=O)[O-].CC(C)(C)C(=O)[O-].CC(C)(C)C(=O)[O-].[V+5]. The van der Waals surface area contributed by atoms with E-state index in [1.165, 1.54) is 0 Å². The van der Waals surface area contributed by atoms with Crippen LogP contribution in [0.1, 0.15) is 104 Å². The summed E-state index contributed by atoms with van der Waals surface area (Å²) in [5.41, 5.74) is -3.47. The standard InChI is InChI=1S/5C5H10O2.V/c5*1-5(2,3)4(6)7;/h5*1-3H3,(H,6,7);/q;;;;;+5/p-5. The number of carbonyl (C=O) groups is 5. The van der Waals surface area contributed by atoms with Gasteiger partial charge in [0, 0.05) is 56.9 Å². The molecule has 0 rings (SSSR count). The summed E-state index contributed by atoms with van der Waals surface area (Å²) in [6.45, 7) is 24.0. The average molecular weight is 557 g/mol. The maximum atomic E-state index is 9.91. The molecule has 210 valence electrons. The number of carboxylic acid groups (broad SMARTS) is 5. The van der Waals surface area contributed by atoms with Crippen molar-refractivity contribution in [3.63, 3.8) is 0 Å². The molecule has 0 saturated carbocycles. The molecule has 0 aromatic heterocycles. The molecule has 36 heavy (non-hydrogen) atoms. The van der Waals surface area contributed by atoms with Crippen molar-refractivity contribution in [1.82, 2.24) is 0 Å². The van der Waals surface area contributed by atoms with Crippen molar-refractivity contribution in [1.29, 1.82) is 0 Å². The van der Waals surface area contributed by atoms with Gasteiger partial charge >= 0.3 is 18.6 Å². The third-order valence-electron chi connectivity index (χ3n) is 3.06. The molecule has 0 amide bonds. The van der Waals surface area contributed by atoms with Gasteiger partial charge in [-0.05, 0) is 0 Å². The zero-order valence-corrected chi connectivity index (χ0v) is 25.9. The van der Waals surface area contributed by atoms with Gasteiger partial charge in [-0.1, -0.05) is 104 Å². The number of rotatable bonds is 0. The Balaban J connectivity index is -0.0000000776. The number of hydrogen-bond donors (Lipinski definition) is 0. The Labute approximate surface area is 228 Å². The normalized spacial score (nSPS) is 11.0. The maximum Gasteiger partial charge on any atom is 5.00 e. The van der Waals surface area contributed by atoms with Crippen molar-refractivity contribution in [3.8, 4) is 0 Å². The van der Waals surface area contributed by atoms with Crippen molar-refractivity contribution < 1.29 is 68.1 Å². The van der Waals surface area contributed by atoms with Crippen molar-refractivity contribution in [2.75, 3.05) is 0 Å². The van der Waals surface area contributed by atoms with Crippen LogP contribution in [-0.4, -0.2) is 29.8 Å². The van der Waals surface area contributed by atoms with Gasteiger partial charge in [-0.15, -0.1) is 0 Å². The van der Waals surface area contributed by atoms with E-state index in [-0.39, 0.29) is 18.6 Å². The summed E-state index contributed by atoms with van der Waals surface area (Å²) in [5.74, 6) is -5.03. The number of hydrogen-bond acceptors (Lipinski definition) is 10. The number of aliphatic carboxylic acids is 5. The molecular formula is C25H45O10V. The fourth-order valence-electron chi connectivity index (χ4n) is 0. The van der Waals surface area contributed by atoms with E-state index < -0.39 is 56.9 Å². The van der Waals surface area contributed by atoms with Gasteiger partial charge in [-0.2, -0.15) is 0 Å². The topological polar surface area (TPSA) is 201 Å². The summed E-state index contributed by atoms with van der Waals surface area (Å²) in [7, 11) is 0. The zero-order valence-electron chi connectivity index (χ0n) is 24.5. The van der Waals surface area contributed by atoms with Crippen molar-refractivity contribution in [2.45, 2.75) is 104 Å². The largest absolute Gasteiger partial charge is 5.00 e. The maximum absolute atomic E-state index is 9.91. The van der Waals surface area contributed by atoms with E-state index in [4.69, 9.17) is 0 Å². The van der Waals surface area contributed by atoms with Gasteiger partial charge in [-0.25, -0.2) is 0 Å². The minimum absolute atomic E-state index is 0. The third-order valence-corrected chi connectivity index (χ3v) is 3.06. The van der Waals surface area contributed by atoms with Crippen LogP contribution in [0.2, 0.25) is 0 Å². The fraction of sp³-hybridized carbons (Fsp3) is 0.800. The van der Waals surface area contributed by atoms with E-state index in [0.29, 0.717) is 0 Å². The molecule has 0 heterocycles. The van der Waals surface area contributed by atoms with Crippen molar-refractivity contribution in [3.05, 3.63) is 0 Å². The smallest absolute Gasteiger partial charge is 0.550 e. The molecule has 0 radical (unpaired) electrons. The Bertz CT molecular complexity index is 539. The second-order valence-corrected chi connectivity index (χ2v) is 12.7. The van der Waals surface area contributed by atoms with Gasteiger partial charge in [0.2, 0.25) is 0 Å². The predicted molar refractivity (Wildman–Crippen MR) is 122 cm³/mol. The number of carbonyl (C=O) groups excluding carboxylic acids is 5. The summed E-state index contributed by atoms with van der Waals surface area (Å²) in [6.07, 6.45) is 0. The van der Waals surface area contributed by atoms with Gasteiger partial charge in [0.1, 0.15) is 0 Å². The summed E-state index contributed by atoms with van der Waals surface area (Å²) < 4.78 is 0. The second-order valence-electron chi connectivity index (χ2n) is 12.7.